The molecule has 4 heterocycles. The van der Waals surface area contributed by atoms with E-state index in [1.165, 1.54) is 10.4 Å². The number of aromatic nitrogens is 4. The van der Waals surface area contributed by atoms with E-state index in [1.807, 2.05) is 19.1 Å². The Balaban J connectivity index is 1.28. The van der Waals surface area contributed by atoms with Crippen LogP contribution in [0.15, 0.2) is 36.5 Å². The number of thiophene rings is 1. The first-order valence-corrected chi connectivity index (χ1v) is 13.1. The Labute approximate surface area is 214 Å². The lowest BCUT2D eigenvalue weighted by atomic mass is 10.1. The highest BCUT2D eigenvalue weighted by Crippen LogP contribution is 2.34. The first-order valence-electron chi connectivity index (χ1n) is 12.3. The number of carbonyl (C=O) groups is 1. The fourth-order valence-electron chi connectivity index (χ4n) is 4.26. The molecule has 0 aliphatic carbocycles. The Kier molecular flexibility index (Phi) is 6.99. The largest absolute Gasteiger partial charge is 0.336 e. The summed E-state index contributed by atoms with van der Waals surface area (Å²) in [4.78, 5) is 29.3. The Morgan fingerprint density at radius 2 is 1.89 bits per heavy atom. The fourth-order valence-corrected chi connectivity index (χ4v) is 5.34. The number of hydrogen-bond acceptors (Lipinski definition) is 8. The van der Waals surface area contributed by atoms with E-state index in [2.05, 4.69) is 79.7 Å². The normalized spacial score (nSPS) is 15.0. The van der Waals surface area contributed by atoms with Crippen LogP contribution in [-0.2, 0) is 6.54 Å². The van der Waals surface area contributed by atoms with Crippen LogP contribution in [0.5, 0.6) is 0 Å². The van der Waals surface area contributed by atoms with Crippen LogP contribution in [0.4, 0.5) is 17.2 Å². The minimum absolute atomic E-state index is 0.267. The average molecular weight is 505 g/mol. The monoisotopic (exact) mass is 504 g/mol. The van der Waals surface area contributed by atoms with Gasteiger partial charge in [0, 0.05) is 43.3 Å². The van der Waals surface area contributed by atoms with Crippen molar-refractivity contribution >= 4 is 44.7 Å². The maximum atomic E-state index is 13.1. The third kappa shape index (κ3) is 5.40. The first kappa shape index (κ1) is 24.4. The van der Waals surface area contributed by atoms with E-state index in [-0.39, 0.29) is 5.91 Å². The van der Waals surface area contributed by atoms with E-state index in [1.54, 1.807) is 17.5 Å². The van der Waals surface area contributed by atoms with Gasteiger partial charge in [-0.25, -0.2) is 9.97 Å². The van der Waals surface area contributed by atoms with E-state index in [4.69, 9.17) is 0 Å². The fraction of sp³-hybridized carbons (Fsp3) is 0.385. The Hall–Kier alpha value is -3.34. The molecule has 0 bridgehead atoms. The van der Waals surface area contributed by atoms with Gasteiger partial charge in [-0.2, -0.15) is 5.10 Å². The molecular weight excluding hydrogens is 472 g/mol. The van der Waals surface area contributed by atoms with Crippen molar-refractivity contribution in [2.75, 3.05) is 43.9 Å². The SMILES string of the molecule is Cc1nc(Nc2cn[nH]c2C(=O)Nc2ccc(CN3CCN(C)CC3)cc2)c2cc(C(C)C)sc2n1. The van der Waals surface area contributed by atoms with Crippen LogP contribution in [0.25, 0.3) is 10.2 Å². The highest BCUT2D eigenvalue weighted by molar-refractivity contribution is 7.18. The van der Waals surface area contributed by atoms with Gasteiger partial charge in [0.2, 0.25) is 0 Å². The number of fused-ring (bicyclic) bond motifs is 1. The van der Waals surface area contributed by atoms with Gasteiger partial charge in [0.15, 0.2) is 0 Å². The van der Waals surface area contributed by atoms with E-state index in [9.17, 15) is 4.79 Å². The van der Waals surface area contributed by atoms with Gasteiger partial charge in [-0.1, -0.05) is 26.0 Å². The van der Waals surface area contributed by atoms with E-state index >= 15 is 0 Å². The Morgan fingerprint density at radius 1 is 1.14 bits per heavy atom. The average Bonchev–Trinajstić information content (AvgIpc) is 3.49. The molecule has 0 radical (unpaired) electrons. The first-order chi connectivity index (χ1) is 17.4. The van der Waals surface area contributed by atoms with Gasteiger partial charge in [-0.05, 0) is 43.7 Å². The van der Waals surface area contributed by atoms with Gasteiger partial charge >= 0.3 is 0 Å². The summed E-state index contributed by atoms with van der Waals surface area (Å²) < 4.78 is 0. The summed E-state index contributed by atoms with van der Waals surface area (Å²) >= 11 is 1.67. The second-order valence-corrected chi connectivity index (χ2v) is 10.7. The van der Waals surface area contributed by atoms with Crippen molar-refractivity contribution in [2.45, 2.75) is 33.2 Å². The number of piperazine rings is 1. The van der Waals surface area contributed by atoms with Crippen molar-refractivity contribution in [3.05, 3.63) is 58.5 Å². The lowest BCUT2D eigenvalue weighted by Gasteiger charge is -2.32. The van der Waals surface area contributed by atoms with Crippen LogP contribution in [0.3, 0.4) is 0 Å². The minimum Gasteiger partial charge on any atom is -0.336 e. The maximum absolute atomic E-state index is 13.1. The molecule has 1 aromatic carbocycles. The van der Waals surface area contributed by atoms with Gasteiger partial charge in [-0.3, -0.25) is 14.8 Å². The van der Waals surface area contributed by atoms with Crippen molar-refractivity contribution in [3.63, 3.8) is 0 Å². The zero-order valence-corrected chi connectivity index (χ0v) is 21.9. The van der Waals surface area contributed by atoms with Crippen LogP contribution >= 0.6 is 11.3 Å². The molecule has 1 aliphatic heterocycles. The van der Waals surface area contributed by atoms with Crippen LogP contribution in [0.2, 0.25) is 0 Å². The number of nitrogens with zero attached hydrogens (tertiary/aromatic N) is 5. The molecular formula is C26H32N8OS. The number of benzene rings is 1. The molecule has 9 nitrogen and oxygen atoms in total. The van der Waals surface area contributed by atoms with Gasteiger partial charge in [0.25, 0.3) is 5.91 Å². The second kappa shape index (κ2) is 10.3. The number of nitrogens with one attached hydrogen (secondary N) is 3. The molecule has 0 atom stereocenters. The number of H-pyrrole nitrogens is 1. The summed E-state index contributed by atoms with van der Waals surface area (Å²) in [6.45, 7) is 11.5. The number of aryl methyl sites for hydroxylation is 1. The molecule has 188 valence electrons. The van der Waals surface area contributed by atoms with Crippen LogP contribution in [-0.4, -0.2) is 69.1 Å². The van der Waals surface area contributed by atoms with Crippen LogP contribution < -0.4 is 10.6 Å². The molecule has 0 saturated carbocycles. The molecule has 5 rings (SSSR count). The maximum Gasteiger partial charge on any atom is 0.275 e. The molecule has 1 amide bonds. The molecule has 0 spiro atoms. The van der Waals surface area contributed by atoms with Crippen LogP contribution in [0.1, 0.15) is 46.5 Å². The number of rotatable bonds is 7. The van der Waals surface area contributed by atoms with E-state index in [0.717, 1.165) is 48.6 Å². The highest BCUT2D eigenvalue weighted by Gasteiger charge is 2.18. The predicted molar refractivity (Wildman–Crippen MR) is 145 cm³/mol. The molecule has 1 saturated heterocycles. The smallest absolute Gasteiger partial charge is 0.275 e. The van der Waals surface area contributed by atoms with Gasteiger partial charge in [-0.15, -0.1) is 11.3 Å². The zero-order valence-electron chi connectivity index (χ0n) is 21.1. The summed E-state index contributed by atoms with van der Waals surface area (Å²) in [5, 5.41) is 14.1. The zero-order chi connectivity index (χ0) is 25.2. The molecule has 1 fully saturated rings. The van der Waals surface area contributed by atoms with E-state index in [0.29, 0.717) is 28.9 Å². The molecule has 0 unspecified atom stereocenters. The number of amides is 1. The third-order valence-electron chi connectivity index (χ3n) is 6.43. The highest BCUT2D eigenvalue weighted by atomic mass is 32.1. The molecule has 3 N–H and O–H groups in total. The Bertz CT molecular complexity index is 1350. The molecule has 10 heteroatoms. The number of hydrogen-bond donors (Lipinski definition) is 3. The minimum atomic E-state index is -0.267. The standard InChI is InChI=1S/C26H32N8OS/c1-16(2)22-13-20-24(28-17(3)29-26(20)36-22)31-21-14-27-32-23(21)25(35)30-19-7-5-18(6-8-19)15-34-11-9-33(4)10-12-34/h5-8,13-14,16H,9-12,15H2,1-4H3,(H,27,32)(H,30,35)(H,28,29,31). The van der Waals surface area contributed by atoms with Crippen molar-refractivity contribution in [1.82, 2.24) is 30.0 Å². The summed E-state index contributed by atoms with van der Waals surface area (Å²) in [6.07, 6.45) is 1.60. The summed E-state index contributed by atoms with van der Waals surface area (Å²) in [6, 6.07) is 10.2. The number of anilines is 3. The van der Waals surface area contributed by atoms with Crippen molar-refractivity contribution < 1.29 is 4.79 Å². The van der Waals surface area contributed by atoms with Crippen molar-refractivity contribution in [2.24, 2.45) is 0 Å². The summed E-state index contributed by atoms with van der Waals surface area (Å²) in [7, 11) is 2.16. The summed E-state index contributed by atoms with van der Waals surface area (Å²) in [5.41, 5.74) is 2.89. The number of carbonyl (C=O) groups excluding carboxylic acids is 1. The molecule has 3 aromatic heterocycles. The molecule has 1 aliphatic rings. The summed E-state index contributed by atoms with van der Waals surface area (Å²) in [5.74, 6) is 1.48. The lowest BCUT2D eigenvalue weighted by Crippen LogP contribution is -2.43. The van der Waals surface area contributed by atoms with Crippen LogP contribution in [0, 0.1) is 6.92 Å². The van der Waals surface area contributed by atoms with Crippen molar-refractivity contribution in [3.8, 4) is 0 Å². The van der Waals surface area contributed by atoms with Gasteiger partial charge in [0.1, 0.15) is 22.2 Å². The van der Waals surface area contributed by atoms with Gasteiger partial charge in [0.05, 0.1) is 17.3 Å². The lowest BCUT2D eigenvalue weighted by molar-refractivity contribution is 0.102. The topological polar surface area (TPSA) is 102 Å². The quantitative estimate of drug-likeness (QED) is 0.338. The number of likely N-dealkylation sites (N-methyl/N-ethyl adjacent to an activating group) is 1. The predicted octanol–water partition coefficient (Wildman–Crippen LogP) is 4.59. The number of aromatic amines is 1. The third-order valence-corrected chi connectivity index (χ3v) is 7.76. The molecule has 4 aromatic rings. The van der Waals surface area contributed by atoms with E-state index < -0.39 is 0 Å². The second-order valence-electron chi connectivity index (χ2n) is 9.66. The molecule has 36 heavy (non-hydrogen) atoms. The van der Waals surface area contributed by atoms with Crippen molar-refractivity contribution in [1.29, 1.82) is 0 Å². The van der Waals surface area contributed by atoms with Gasteiger partial charge < -0.3 is 15.5 Å². The Morgan fingerprint density at radius 3 is 2.61 bits per heavy atom.